The average molecular weight is 308 g/mol. The molecule has 1 aromatic heterocycles. The van der Waals surface area contributed by atoms with Gasteiger partial charge in [-0.15, -0.1) is 0 Å². The molecule has 0 saturated carbocycles. The Balaban J connectivity index is 3.05. The van der Waals surface area contributed by atoms with E-state index in [2.05, 4.69) is 4.98 Å². The van der Waals surface area contributed by atoms with E-state index in [1.54, 1.807) is 0 Å². The molecule has 1 N–H and O–H groups in total. The molecule has 110 valence electrons. The standard InChI is InChI=1S/C11H11F3N2O3S/c1-2-16(6-8(17)18)10(19)7-4-3-5-15-9(7)20-11(12,13)14/h3-5H,2,6H2,1H3,(H,17,18). The Morgan fingerprint density at radius 2 is 2.10 bits per heavy atom. The largest absolute Gasteiger partial charge is 0.480 e. The van der Waals surface area contributed by atoms with Crippen LogP contribution < -0.4 is 0 Å². The first-order chi connectivity index (χ1) is 9.24. The third kappa shape index (κ3) is 4.72. The molecule has 0 spiro atoms. The molecule has 0 atom stereocenters. The van der Waals surface area contributed by atoms with Crippen molar-refractivity contribution in [3.05, 3.63) is 23.9 Å². The molecule has 20 heavy (non-hydrogen) atoms. The van der Waals surface area contributed by atoms with Gasteiger partial charge in [-0.25, -0.2) is 4.98 Å². The summed E-state index contributed by atoms with van der Waals surface area (Å²) in [5.74, 6) is -2.04. The van der Waals surface area contributed by atoms with Crippen LogP contribution in [-0.4, -0.2) is 45.5 Å². The van der Waals surface area contributed by atoms with E-state index in [4.69, 9.17) is 5.11 Å². The molecular formula is C11H11F3N2O3S. The number of carbonyl (C=O) groups is 2. The number of hydrogen-bond donors (Lipinski definition) is 1. The van der Waals surface area contributed by atoms with Gasteiger partial charge >= 0.3 is 11.5 Å². The normalized spacial score (nSPS) is 11.2. The zero-order chi connectivity index (χ0) is 15.3. The molecule has 0 bridgehead atoms. The highest BCUT2D eigenvalue weighted by Crippen LogP contribution is 2.37. The number of carbonyl (C=O) groups excluding carboxylic acids is 1. The number of rotatable bonds is 5. The number of carboxylic acid groups (broad SMARTS) is 1. The molecular weight excluding hydrogens is 297 g/mol. The lowest BCUT2D eigenvalue weighted by Gasteiger charge is -2.19. The minimum atomic E-state index is -4.58. The maximum absolute atomic E-state index is 12.4. The van der Waals surface area contributed by atoms with Gasteiger partial charge in [-0.3, -0.25) is 9.59 Å². The van der Waals surface area contributed by atoms with Crippen molar-refractivity contribution in [1.29, 1.82) is 0 Å². The monoisotopic (exact) mass is 308 g/mol. The van der Waals surface area contributed by atoms with Crippen LogP contribution in [-0.2, 0) is 4.79 Å². The second-order valence-corrected chi connectivity index (χ2v) is 4.67. The van der Waals surface area contributed by atoms with E-state index in [1.165, 1.54) is 19.1 Å². The molecule has 0 aromatic carbocycles. The quantitative estimate of drug-likeness (QED) is 0.845. The molecule has 0 unspecified atom stereocenters. The van der Waals surface area contributed by atoms with Gasteiger partial charge in [-0.2, -0.15) is 13.2 Å². The number of aromatic nitrogens is 1. The van der Waals surface area contributed by atoms with Crippen LogP contribution in [0.15, 0.2) is 23.4 Å². The molecule has 0 aliphatic heterocycles. The maximum atomic E-state index is 12.4. The predicted molar refractivity (Wildman–Crippen MR) is 65.4 cm³/mol. The van der Waals surface area contributed by atoms with E-state index in [0.717, 1.165) is 11.1 Å². The number of nitrogens with zero attached hydrogens (tertiary/aromatic N) is 2. The number of hydrogen-bond acceptors (Lipinski definition) is 4. The minimum absolute atomic E-state index is 0.0656. The van der Waals surface area contributed by atoms with Crippen LogP contribution in [0.1, 0.15) is 17.3 Å². The molecule has 0 aliphatic carbocycles. The van der Waals surface area contributed by atoms with Gasteiger partial charge in [0.15, 0.2) is 0 Å². The third-order valence-electron chi connectivity index (χ3n) is 2.21. The number of amides is 1. The Hall–Kier alpha value is -1.77. The zero-order valence-electron chi connectivity index (χ0n) is 10.3. The topological polar surface area (TPSA) is 70.5 Å². The number of alkyl halides is 3. The highest BCUT2D eigenvalue weighted by atomic mass is 32.2. The summed E-state index contributed by atoms with van der Waals surface area (Å²) in [6.07, 6.45) is 1.14. The molecule has 1 amide bonds. The van der Waals surface area contributed by atoms with Crippen molar-refractivity contribution in [3.63, 3.8) is 0 Å². The summed E-state index contributed by atoms with van der Waals surface area (Å²) in [5, 5.41) is 8.18. The van der Waals surface area contributed by atoms with Crippen LogP contribution in [0, 0.1) is 0 Å². The lowest BCUT2D eigenvalue weighted by molar-refractivity contribution is -0.137. The van der Waals surface area contributed by atoms with E-state index >= 15 is 0 Å². The Kier molecular flexibility index (Phi) is 5.37. The molecule has 1 rings (SSSR count). The van der Waals surface area contributed by atoms with E-state index in [0.29, 0.717) is 0 Å². The Morgan fingerprint density at radius 1 is 1.45 bits per heavy atom. The third-order valence-corrected chi connectivity index (χ3v) is 2.96. The second-order valence-electron chi connectivity index (χ2n) is 3.62. The maximum Gasteiger partial charge on any atom is 0.447 e. The van der Waals surface area contributed by atoms with E-state index in [-0.39, 0.29) is 12.1 Å². The van der Waals surface area contributed by atoms with Crippen molar-refractivity contribution in [2.45, 2.75) is 17.5 Å². The fourth-order valence-electron chi connectivity index (χ4n) is 1.41. The summed E-state index contributed by atoms with van der Waals surface area (Å²) < 4.78 is 37.1. The first kappa shape index (κ1) is 16.3. The smallest absolute Gasteiger partial charge is 0.447 e. The molecule has 0 radical (unpaired) electrons. The van der Waals surface area contributed by atoms with Crippen LogP contribution in [0.3, 0.4) is 0 Å². The number of likely N-dealkylation sites (N-methyl/N-ethyl adjacent to an activating group) is 1. The van der Waals surface area contributed by atoms with Crippen molar-refractivity contribution in [2.75, 3.05) is 13.1 Å². The minimum Gasteiger partial charge on any atom is -0.480 e. The molecule has 5 nitrogen and oxygen atoms in total. The number of carboxylic acids is 1. The predicted octanol–water partition coefficient (Wildman–Crippen LogP) is 2.24. The van der Waals surface area contributed by atoms with Gasteiger partial charge in [-0.1, -0.05) is 0 Å². The van der Waals surface area contributed by atoms with Gasteiger partial charge in [0.25, 0.3) is 5.91 Å². The van der Waals surface area contributed by atoms with Crippen LogP contribution >= 0.6 is 11.8 Å². The number of halogens is 3. The van der Waals surface area contributed by atoms with Crippen LogP contribution in [0.4, 0.5) is 13.2 Å². The Morgan fingerprint density at radius 3 is 2.60 bits per heavy atom. The summed E-state index contributed by atoms with van der Waals surface area (Å²) >= 11 is -0.504. The molecule has 0 saturated heterocycles. The number of thioether (sulfide) groups is 1. The van der Waals surface area contributed by atoms with Crippen LogP contribution in [0.2, 0.25) is 0 Å². The van der Waals surface area contributed by atoms with Crippen LogP contribution in [0.5, 0.6) is 0 Å². The van der Waals surface area contributed by atoms with Gasteiger partial charge < -0.3 is 10.0 Å². The summed E-state index contributed by atoms with van der Waals surface area (Å²) in [5.41, 5.74) is -4.84. The molecule has 0 fully saturated rings. The van der Waals surface area contributed by atoms with Crippen molar-refractivity contribution in [2.24, 2.45) is 0 Å². The lowest BCUT2D eigenvalue weighted by atomic mass is 10.2. The molecule has 9 heteroatoms. The van der Waals surface area contributed by atoms with E-state index in [1.807, 2.05) is 0 Å². The lowest BCUT2D eigenvalue weighted by Crippen LogP contribution is -2.35. The summed E-state index contributed by atoms with van der Waals surface area (Å²) in [4.78, 5) is 27.1. The summed E-state index contributed by atoms with van der Waals surface area (Å²) in [7, 11) is 0. The number of aliphatic carboxylic acids is 1. The van der Waals surface area contributed by atoms with E-state index in [9.17, 15) is 22.8 Å². The fourth-order valence-corrected chi connectivity index (χ4v) is 2.00. The van der Waals surface area contributed by atoms with Crippen LogP contribution in [0.25, 0.3) is 0 Å². The summed E-state index contributed by atoms with van der Waals surface area (Å²) in [6.45, 7) is 1.02. The average Bonchev–Trinajstić information content (AvgIpc) is 2.33. The van der Waals surface area contributed by atoms with E-state index < -0.39 is 40.7 Å². The SMILES string of the molecule is CCN(CC(=O)O)C(=O)c1cccnc1SC(F)(F)F. The summed E-state index contributed by atoms with van der Waals surface area (Å²) in [6, 6.07) is 2.51. The fraction of sp³-hybridized carbons (Fsp3) is 0.364. The van der Waals surface area contributed by atoms with Crippen molar-refractivity contribution < 1.29 is 27.9 Å². The highest BCUT2D eigenvalue weighted by molar-refractivity contribution is 8.00. The highest BCUT2D eigenvalue weighted by Gasteiger charge is 2.33. The van der Waals surface area contributed by atoms with Crippen molar-refractivity contribution in [3.8, 4) is 0 Å². The molecule has 0 aliphatic rings. The van der Waals surface area contributed by atoms with Crippen molar-refractivity contribution in [1.82, 2.24) is 9.88 Å². The first-order valence-corrected chi connectivity index (χ1v) is 6.28. The van der Waals surface area contributed by atoms with Gasteiger partial charge in [0.1, 0.15) is 11.6 Å². The van der Waals surface area contributed by atoms with Gasteiger partial charge in [0.05, 0.1) is 5.56 Å². The zero-order valence-corrected chi connectivity index (χ0v) is 11.2. The van der Waals surface area contributed by atoms with Gasteiger partial charge in [-0.05, 0) is 19.1 Å². The molecule has 1 aromatic rings. The number of pyridine rings is 1. The van der Waals surface area contributed by atoms with Crippen molar-refractivity contribution >= 4 is 23.6 Å². The first-order valence-electron chi connectivity index (χ1n) is 5.46. The molecule has 1 heterocycles. The second kappa shape index (κ2) is 6.60. The van der Waals surface area contributed by atoms with Gasteiger partial charge in [0.2, 0.25) is 0 Å². The Bertz CT molecular complexity index is 508. The Labute approximate surface area is 116 Å². The van der Waals surface area contributed by atoms with Gasteiger partial charge in [0, 0.05) is 24.5 Å².